The van der Waals surface area contributed by atoms with E-state index in [1.165, 1.54) is 5.56 Å². The molecule has 1 aromatic carbocycles. The quantitative estimate of drug-likeness (QED) is 0.662. The highest BCUT2D eigenvalue weighted by atomic mass is 16.5. The molecular weight excluding hydrogens is 302 g/mol. The zero-order chi connectivity index (χ0) is 17.2. The first-order valence-corrected chi connectivity index (χ1v) is 8.60. The van der Waals surface area contributed by atoms with E-state index < -0.39 is 0 Å². The summed E-state index contributed by atoms with van der Waals surface area (Å²) in [4.78, 5) is 12.4. The molecule has 2 heterocycles. The minimum Gasteiger partial charge on any atom is -0.462 e. The summed E-state index contributed by atoms with van der Waals surface area (Å²) in [5.41, 5.74) is 1.55. The number of hydrogen-bond acceptors (Lipinski definition) is 4. The number of nitrogens with one attached hydrogen (secondary N) is 1. The largest absolute Gasteiger partial charge is 0.462 e. The second-order valence-corrected chi connectivity index (χ2v) is 6.93. The van der Waals surface area contributed by atoms with Crippen LogP contribution < -0.4 is 5.32 Å². The lowest BCUT2D eigenvalue weighted by molar-refractivity contribution is 0.0500. The summed E-state index contributed by atoms with van der Waals surface area (Å²) in [7, 11) is 0. The van der Waals surface area contributed by atoms with Crippen LogP contribution in [-0.2, 0) is 10.3 Å². The smallest absolute Gasteiger partial charge is 0.343 e. The molecule has 2 aromatic rings. The number of rotatable bonds is 5. The molecule has 128 valence electrons. The molecule has 1 atom stereocenters. The molecule has 3 rings (SSSR count). The molecule has 1 aliphatic heterocycles. The van der Waals surface area contributed by atoms with Crippen molar-refractivity contribution >= 4 is 11.8 Å². The van der Waals surface area contributed by atoms with Crippen molar-refractivity contribution < 1.29 is 9.53 Å². The molecule has 0 aliphatic carbocycles. The lowest BCUT2D eigenvalue weighted by atomic mass is 9.89. The van der Waals surface area contributed by atoms with Crippen LogP contribution in [0.25, 0.3) is 0 Å². The summed E-state index contributed by atoms with van der Waals surface area (Å²) in [6.45, 7) is 6.81. The van der Waals surface area contributed by atoms with Crippen LogP contribution in [0, 0.1) is 0 Å². The number of esters is 1. The summed E-state index contributed by atoms with van der Waals surface area (Å²) in [5.74, 6) is 0.448. The van der Waals surface area contributed by atoms with Crippen molar-refractivity contribution in [3.8, 4) is 0 Å². The first kappa shape index (κ1) is 16.6. The van der Waals surface area contributed by atoms with Crippen LogP contribution in [0.5, 0.6) is 0 Å². The van der Waals surface area contributed by atoms with Crippen LogP contribution in [0.3, 0.4) is 0 Å². The summed E-state index contributed by atoms with van der Waals surface area (Å²) in [6.07, 6.45) is 4.39. The highest BCUT2D eigenvalue weighted by Crippen LogP contribution is 2.39. The molecular formula is C19H25N3O2. The molecule has 0 bridgehead atoms. The molecule has 1 N–H and O–H groups in total. The van der Waals surface area contributed by atoms with Gasteiger partial charge in [-0.2, -0.15) is 5.10 Å². The van der Waals surface area contributed by atoms with Crippen molar-refractivity contribution in [2.45, 2.75) is 51.6 Å². The lowest BCUT2D eigenvalue weighted by Crippen LogP contribution is -2.38. The van der Waals surface area contributed by atoms with E-state index in [-0.39, 0.29) is 17.6 Å². The molecule has 0 saturated heterocycles. The maximum Gasteiger partial charge on any atom is 0.343 e. The van der Waals surface area contributed by atoms with Crippen molar-refractivity contribution in [3.05, 3.63) is 47.7 Å². The number of nitrogens with zero attached hydrogens (tertiary/aromatic N) is 2. The van der Waals surface area contributed by atoms with Crippen molar-refractivity contribution in [1.82, 2.24) is 9.78 Å². The Bertz CT molecular complexity index is 707. The fraction of sp³-hybridized carbons (Fsp3) is 0.474. The Labute approximate surface area is 143 Å². The average molecular weight is 327 g/mol. The third kappa shape index (κ3) is 3.16. The normalized spacial score (nSPS) is 18.5. The van der Waals surface area contributed by atoms with Gasteiger partial charge in [0, 0.05) is 0 Å². The predicted molar refractivity (Wildman–Crippen MR) is 94.2 cm³/mol. The summed E-state index contributed by atoms with van der Waals surface area (Å²) >= 11 is 0. The molecule has 1 aliphatic rings. The maximum absolute atomic E-state index is 12.4. The molecule has 0 spiro atoms. The predicted octanol–water partition coefficient (Wildman–Crippen LogP) is 4.13. The fourth-order valence-electron chi connectivity index (χ4n) is 3.17. The lowest BCUT2D eigenvalue weighted by Gasteiger charge is -2.38. The second kappa shape index (κ2) is 6.67. The van der Waals surface area contributed by atoms with Crippen LogP contribution in [0.4, 0.5) is 5.82 Å². The number of aromatic nitrogens is 2. The van der Waals surface area contributed by atoms with E-state index in [0.717, 1.165) is 25.1 Å². The summed E-state index contributed by atoms with van der Waals surface area (Å²) < 4.78 is 7.28. The SMILES string of the molecule is CCCCOC(=O)c1cnn2c1NC(c1ccccc1)CC2(C)C. The van der Waals surface area contributed by atoms with Crippen LogP contribution in [0.1, 0.15) is 62.0 Å². The van der Waals surface area contributed by atoms with Gasteiger partial charge in [0.15, 0.2) is 0 Å². The van der Waals surface area contributed by atoms with E-state index in [9.17, 15) is 4.79 Å². The standard InChI is InChI=1S/C19H25N3O2/c1-4-5-11-24-18(23)15-13-20-22-17(15)21-16(12-19(22,2)3)14-9-7-6-8-10-14/h6-10,13,16,21H,4-5,11-12H2,1-3H3. The van der Waals surface area contributed by atoms with E-state index in [4.69, 9.17) is 4.74 Å². The number of benzene rings is 1. The highest BCUT2D eigenvalue weighted by molar-refractivity contribution is 5.94. The van der Waals surface area contributed by atoms with Crippen LogP contribution in [0.15, 0.2) is 36.5 Å². The summed E-state index contributed by atoms with van der Waals surface area (Å²) in [6, 6.07) is 10.5. The third-order valence-electron chi connectivity index (χ3n) is 4.51. The number of anilines is 1. The van der Waals surface area contributed by atoms with Crippen LogP contribution >= 0.6 is 0 Å². The van der Waals surface area contributed by atoms with Gasteiger partial charge in [-0.3, -0.25) is 0 Å². The van der Waals surface area contributed by atoms with Crippen molar-refractivity contribution in [1.29, 1.82) is 0 Å². The Morgan fingerprint density at radius 2 is 2.12 bits per heavy atom. The zero-order valence-electron chi connectivity index (χ0n) is 14.6. The molecule has 5 nitrogen and oxygen atoms in total. The molecule has 1 aromatic heterocycles. The van der Waals surface area contributed by atoms with E-state index in [1.807, 2.05) is 22.9 Å². The Hall–Kier alpha value is -2.30. The Kier molecular flexibility index (Phi) is 4.60. The molecule has 0 amide bonds. The monoisotopic (exact) mass is 327 g/mol. The van der Waals surface area contributed by atoms with Gasteiger partial charge in [-0.1, -0.05) is 43.7 Å². The van der Waals surface area contributed by atoms with Gasteiger partial charge in [0.25, 0.3) is 0 Å². The topological polar surface area (TPSA) is 56.1 Å². The number of carbonyl (C=O) groups excluding carboxylic acids is 1. The zero-order valence-corrected chi connectivity index (χ0v) is 14.6. The van der Waals surface area contributed by atoms with Gasteiger partial charge in [0.2, 0.25) is 0 Å². The minimum absolute atomic E-state index is 0.146. The number of fused-ring (bicyclic) bond motifs is 1. The first-order chi connectivity index (χ1) is 11.5. The first-order valence-electron chi connectivity index (χ1n) is 8.60. The Morgan fingerprint density at radius 1 is 1.38 bits per heavy atom. The van der Waals surface area contributed by atoms with E-state index in [0.29, 0.717) is 12.2 Å². The van der Waals surface area contributed by atoms with Gasteiger partial charge in [-0.05, 0) is 32.3 Å². The molecule has 0 saturated carbocycles. The molecule has 24 heavy (non-hydrogen) atoms. The highest BCUT2D eigenvalue weighted by Gasteiger charge is 2.36. The minimum atomic E-state index is -0.304. The summed E-state index contributed by atoms with van der Waals surface area (Å²) in [5, 5.41) is 7.93. The van der Waals surface area contributed by atoms with Crippen LogP contribution in [-0.4, -0.2) is 22.4 Å². The number of carbonyl (C=O) groups is 1. The fourth-order valence-corrected chi connectivity index (χ4v) is 3.17. The van der Waals surface area contributed by atoms with Gasteiger partial charge in [-0.15, -0.1) is 0 Å². The maximum atomic E-state index is 12.4. The van der Waals surface area contributed by atoms with Crippen LogP contribution in [0.2, 0.25) is 0 Å². The van der Waals surface area contributed by atoms with E-state index in [1.54, 1.807) is 6.20 Å². The van der Waals surface area contributed by atoms with Gasteiger partial charge in [-0.25, -0.2) is 9.48 Å². The van der Waals surface area contributed by atoms with E-state index >= 15 is 0 Å². The molecule has 5 heteroatoms. The number of unbranched alkanes of at least 4 members (excludes halogenated alkanes) is 1. The average Bonchev–Trinajstić information content (AvgIpc) is 3.00. The van der Waals surface area contributed by atoms with Crippen molar-refractivity contribution in [2.24, 2.45) is 0 Å². The van der Waals surface area contributed by atoms with Crippen molar-refractivity contribution in [2.75, 3.05) is 11.9 Å². The molecule has 1 unspecified atom stereocenters. The number of hydrogen-bond donors (Lipinski definition) is 1. The Balaban J connectivity index is 1.88. The second-order valence-electron chi connectivity index (χ2n) is 6.93. The third-order valence-corrected chi connectivity index (χ3v) is 4.51. The van der Waals surface area contributed by atoms with Crippen molar-refractivity contribution in [3.63, 3.8) is 0 Å². The molecule has 0 radical (unpaired) electrons. The van der Waals surface area contributed by atoms with Gasteiger partial charge in [0.05, 0.1) is 24.4 Å². The van der Waals surface area contributed by atoms with Gasteiger partial charge in [0.1, 0.15) is 11.4 Å². The van der Waals surface area contributed by atoms with Gasteiger partial charge >= 0.3 is 5.97 Å². The van der Waals surface area contributed by atoms with E-state index in [2.05, 4.69) is 43.3 Å². The molecule has 0 fully saturated rings. The number of ether oxygens (including phenoxy) is 1. The van der Waals surface area contributed by atoms with Gasteiger partial charge < -0.3 is 10.1 Å². The Morgan fingerprint density at radius 3 is 2.83 bits per heavy atom.